The lowest BCUT2D eigenvalue weighted by atomic mass is 10.1. The summed E-state index contributed by atoms with van der Waals surface area (Å²) in [6, 6.07) is 14.0. The number of nitrogens with zero attached hydrogens (tertiary/aromatic N) is 2. The molecule has 6 heteroatoms. The zero-order chi connectivity index (χ0) is 17.1. The van der Waals surface area contributed by atoms with Gasteiger partial charge in [0.05, 0.1) is 16.9 Å². The zero-order valence-electron chi connectivity index (χ0n) is 12.8. The SMILES string of the molecule is Cc1ccccc1-n1ccc(-c2ccc(C=O)c(OC(F)F)c2)n1. The van der Waals surface area contributed by atoms with Crippen molar-refractivity contribution in [2.75, 3.05) is 0 Å². The van der Waals surface area contributed by atoms with Gasteiger partial charge in [-0.25, -0.2) is 4.68 Å². The number of para-hydroxylation sites is 1. The Balaban J connectivity index is 1.98. The summed E-state index contributed by atoms with van der Waals surface area (Å²) >= 11 is 0. The Bertz CT molecular complexity index is 875. The maximum Gasteiger partial charge on any atom is 0.387 e. The average Bonchev–Trinajstić information content (AvgIpc) is 3.04. The first kappa shape index (κ1) is 15.9. The van der Waals surface area contributed by atoms with Crippen LogP contribution in [0.3, 0.4) is 0 Å². The van der Waals surface area contributed by atoms with E-state index >= 15 is 0 Å². The van der Waals surface area contributed by atoms with Gasteiger partial charge in [0, 0.05) is 11.8 Å². The Morgan fingerprint density at radius 1 is 1.17 bits per heavy atom. The van der Waals surface area contributed by atoms with E-state index in [9.17, 15) is 13.6 Å². The van der Waals surface area contributed by atoms with Crippen molar-refractivity contribution in [3.63, 3.8) is 0 Å². The van der Waals surface area contributed by atoms with Crippen LogP contribution in [-0.4, -0.2) is 22.7 Å². The van der Waals surface area contributed by atoms with Crippen LogP contribution in [0.15, 0.2) is 54.7 Å². The fraction of sp³-hybridized carbons (Fsp3) is 0.111. The van der Waals surface area contributed by atoms with Crippen molar-refractivity contribution in [1.82, 2.24) is 9.78 Å². The van der Waals surface area contributed by atoms with Crippen LogP contribution in [-0.2, 0) is 0 Å². The maximum atomic E-state index is 12.5. The highest BCUT2D eigenvalue weighted by Crippen LogP contribution is 2.27. The van der Waals surface area contributed by atoms with E-state index in [2.05, 4.69) is 9.84 Å². The number of carbonyl (C=O) groups is 1. The van der Waals surface area contributed by atoms with Crippen molar-refractivity contribution in [2.24, 2.45) is 0 Å². The van der Waals surface area contributed by atoms with Crippen LogP contribution in [0.5, 0.6) is 5.75 Å². The molecule has 1 aromatic heterocycles. The molecule has 3 rings (SSSR count). The topological polar surface area (TPSA) is 44.1 Å². The molecule has 122 valence electrons. The molecule has 0 unspecified atom stereocenters. The molecule has 2 aromatic carbocycles. The van der Waals surface area contributed by atoms with Crippen molar-refractivity contribution in [3.8, 4) is 22.7 Å². The number of aldehydes is 1. The van der Waals surface area contributed by atoms with Crippen molar-refractivity contribution in [2.45, 2.75) is 13.5 Å². The molecule has 24 heavy (non-hydrogen) atoms. The monoisotopic (exact) mass is 328 g/mol. The van der Waals surface area contributed by atoms with Gasteiger partial charge in [-0.2, -0.15) is 13.9 Å². The number of ether oxygens (including phenoxy) is 1. The van der Waals surface area contributed by atoms with Crippen molar-refractivity contribution in [3.05, 3.63) is 65.9 Å². The molecule has 0 atom stereocenters. The molecule has 0 amide bonds. The summed E-state index contributed by atoms with van der Waals surface area (Å²) in [5, 5.41) is 4.47. The molecular formula is C18H14F2N2O2. The summed E-state index contributed by atoms with van der Waals surface area (Å²) in [5.41, 5.74) is 3.23. The van der Waals surface area contributed by atoms with E-state index in [1.54, 1.807) is 23.0 Å². The number of halogens is 2. The van der Waals surface area contributed by atoms with Gasteiger partial charge in [0.1, 0.15) is 5.75 Å². The van der Waals surface area contributed by atoms with E-state index in [1.807, 2.05) is 31.2 Å². The smallest absolute Gasteiger partial charge is 0.387 e. The number of carbonyl (C=O) groups excluding carboxylic acids is 1. The second-order valence-electron chi connectivity index (χ2n) is 5.18. The Kier molecular flexibility index (Phi) is 4.37. The molecule has 0 aliphatic carbocycles. The molecule has 0 saturated heterocycles. The minimum atomic E-state index is -3.00. The number of hydrogen-bond donors (Lipinski definition) is 0. The van der Waals surface area contributed by atoms with Crippen LogP contribution in [0.2, 0.25) is 0 Å². The van der Waals surface area contributed by atoms with Gasteiger partial charge in [-0.3, -0.25) is 4.79 Å². The molecular weight excluding hydrogens is 314 g/mol. The number of benzene rings is 2. The predicted molar refractivity (Wildman–Crippen MR) is 85.8 cm³/mol. The summed E-state index contributed by atoms with van der Waals surface area (Å²) in [7, 11) is 0. The lowest BCUT2D eigenvalue weighted by Gasteiger charge is -2.08. The van der Waals surface area contributed by atoms with Crippen LogP contribution < -0.4 is 4.74 Å². The largest absolute Gasteiger partial charge is 0.434 e. The molecule has 0 saturated carbocycles. The zero-order valence-corrected chi connectivity index (χ0v) is 12.8. The maximum absolute atomic E-state index is 12.5. The summed E-state index contributed by atoms with van der Waals surface area (Å²) in [4.78, 5) is 10.9. The van der Waals surface area contributed by atoms with Crippen molar-refractivity contribution < 1.29 is 18.3 Å². The fourth-order valence-corrected chi connectivity index (χ4v) is 2.42. The first-order valence-corrected chi connectivity index (χ1v) is 7.24. The standard InChI is InChI=1S/C18H14F2N2O2/c1-12-4-2-3-5-16(12)22-9-8-15(21-22)13-6-7-14(11-23)17(10-13)24-18(19)20/h2-11,18H,1H3. The van der Waals surface area contributed by atoms with Gasteiger partial charge in [0.2, 0.25) is 0 Å². The highest BCUT2D eigenvalue weighted by molar-refractivity contribution is 5.81. The van der Waals surface area contributed by atoms with Gasteiger partial charge >= 0.3 is 6.61 Å². The summed E-state index contributed by atoms with van der Waals surface area (Å²) < 4.78 is 31.1. The van der Waals surface area contributed by atoms with Gasteiger partial charge in [-0.15, -0.1) is 0 Å². The fourth-order valence-electron chi connectivity index (χ4n) is 2.42. The van der Waals surface area contributed by atoms with E-state index in [0.29, 0.717) is 17.5 Å². The van der Waals surface area contributed by atoms with Crippen molar-refractivity contribution >= 4 is 6.29 Å². The normalized spacial score (nSPS) is 10.8. The Morgan fingerprint density at radius 2 is 1.96 bits per heavy atom. The van der Waals surface area contributed by atoms with E-state index in [4.69, 9.17) is 0 Å². The molecule has 4 nitrogen and oxygen atoms in total. The number of aryl methyl sites for hydroxylation is 1. The first-order valence-electron chi connectivity index (χ1n) is 7.24. The second-order valence-corrected chi connectivity index (χ2v) is 5.18. The number of hydrogen-bond acceptors (Lipinski definition) is 3. The van der Waals surface area contributed by atoms with Crippen LogP contribution in [0, 0.1) is 6.92 Å². The van der Waals surface area contributed by atoms with Gasteiger partial charge in [-0.1, -0.05) is 24.3 Å². The van der Waals surface area contributed by atoms with E-state index in [-0.39, 0.29) is 11.3 Å². The minimum Gasteiger partial charge on any atom is -0.434 e. The first-order chi connectivity index (χ1) is 11.6. The quantitative estimate of drug-likeness (QED) is 0.657. The van der Waals surface area contributed by atoms with E-state index < -0.39 is 6.61 Å². The predicted octanol–water partition coefficient (Wildman–Crippen LogP) is 4.26. The van der Waals surface area contributed by atoms with Crippen LogP contribution >= 0.6 is 0 Å². The van der Waals surface area contributed by atoms with E-state index in [0.717, 1.165) is 11.3 Å². The lowest BCUT2D eigenvalue weighted by Crippen LogP contribution is -2.04. The number of aromatic nitrogens is 2. The molecule has 0 aliphatic heterocycles. The van der Waals surface area contributed by atoms with Crippen molar-refractivity contribution in [1.29, 1.82) is 0 Å². The molecule has 0 bridgehead atoms. The summed E-state index contributed by atoms with van der Waals surface area (Å²) in [5.74, 6) is -0.164. The summed E-state index contributed by atoms with van der Waals surface area (Å²) in [6.07, 6.45) is 2.27. The molecule has 0 radical (unpaired) electrons. The molecule has 3 aromatic rings. The third-order valence-electron chi connectivity index (χ3n) is 3.60. The van der Waals surface area contributed by atoms with E-state index in [1.165, 1.54) is 12.1 Å². The molecule has 0 spiro atoms. The minimum absolute atomic E-state index is 0.0670. The van der Waals surface area contributed by atoms with Gasteiger partial charge in [0.25, 0.3) is 0 Å². The molecule has 1 heterocycles. The molecule has 0 N–H and O–H groups in total. The average molecular weight is 328 g/mol. The van der Waals surface area contributed by atoms with Crippen LogP contribution in [0.4, 0.5) is 8.78 Å². The lowest BCUT2D eigenvalue weighted by molar-refractivity contribution is -0.0500. The number of alkyl halides is 2. The Morgan fingerprint density at radius 3 is 2.67 bits per heavy atom. The van der Waals surface area contributed by atoms with Crippen LogP contribution in [0.25, 0.3) is 16.9 Å². The molecule has 0 aliphatic rings. The van der Waals surface area contributed by atoms with Gasteiger partial charge in [0.15, 0.2) is 6.29 Å². The third kappa shape index (κ3) is 3.17. The Labute approximate surface area is 137 Å². The Hall–Kier alpha value is -3.02. The second kappa shape index (κ2) is 6.62. The molecule has 0 fully saturated rings. The van der Waals surface area contributed by atoms with Gasteiger partial charge in [-0.05, 0) is 36.8 Å². The summed E-state index contributed by atoms with van der Waals surface area (Å²) in [6.45, 7) is -1.02. The third-order valence-corrected chi connectivity index (χ3v) is 3.60. The van der Waals surface area contributed by atoms with Gasteiger partial charge < -0.3 is 4.74 Å². The highest BCUT2D eigenvalue weighted by atomic mass is 19.3. The number of rotatable bonds is 5. The van der Waals surface area contributed by atoms with Crippen LogP contribution in [0.1, 0.15) is 15.9 Å². The highest BCUT2D eigenvalue weighted by Gasteiger charge is 2.13.